The summed E-state index contributed by atoms with van der Waals surface area (Å²) in [5.41, 5.74) is 0.681. The smallest absolute Gasteiger partial charge is 0.129 e. The van der Waals surface area contributed by atoms with Crippen molar-refractivity contribution in [1.29, 1.82) is 0 Å². The average molecular weight is 307 g/mol. The minimum Gasteiger partial charge on any atom is -0.313 e. The lowest BCUT2D eigenvalue weighted by Crippen LogP contribution is -2.30. The van der Waals surface area contributed by atoms with Crippen molar-refractivity contribution in [3.05, 3.63) is 33.0 Å². The summed E-state index contributed by atoms with van der Waals surface area (Å²) in [6.45, 7) is 0. The highest BCUT2D eigenvalue weighted by atomic mass is 79.9. The zero-order valence-electron chi connectivity index (χ0n) is 9.06. The summed E-state index contributed by atoms with van der Waals surface area (Å²) in [7, 11) is 1.87. The molecule has 1 fully saturated rings. The monoisotopic (exact) mass is 305 g/mol. The van der Waals surface area contributed by atoms with E-state index in [1.54, 1.807) is 6.07 Å². The van der Waals surface area contributed by atoms with Crippen LogP contribution in [0.15, 0.2) is 16.6 Å². The lowest BCUT2D eigenvalue weighted by Gasteiger charge is -2.34. The molecule has 0 bridgehead atoms. The van der Waals surface area contributed by atoms with Crippen LogP contribution in [0.3, 0.4) is 0 Å². The van der Waals surface area contributed by atoms with Crippen molar-refractivity contribution < 1.29 is 4.39 Å². The van der Waals surface area contributed by atoms with Crippen molar-refractivity contribution in [2.24, 2.45) is 5.92 Å². The van der Waals surface area contributed by atoms with E-state index in [0.29, 0.717) is 21.0 Å². The molecule has 0 amide bonds. The highest BCUT2D eigenvalue weighted by Gasteiger charge is 2.29. The highest BCUT2D eigenvalue weighted by molar-refractivity contribution is 9.10. The Balaban J connectivity index is 2.33. The van der Waals surface area contributed by atoms with E-state index in [1.165, 1.54) is 25.3 Å². The van der Waals surface area contributed by atoms with Crippen LogP contribution in [-0.2, 0) is 0 Å². The van der Waals surface area contributed by atoms with Gasteiger partial charge in [0.05, 0.1) is 5.02 Å². The second kappa shape index (κ2) is 5.03. The Kier molecular flexibility index (Phi) is 3.88. The summed E-state index contributed by atoms with van der Waals surface area (Å²) in [6, 6.07) is 3.25. The molecule has 1 aromatic rings. The summed E-state index contributed by atoms with van der Waals surface area (Å²) < 4.78 is 14.5. The van der Waals surface area contributed by atoms with Gasteiger partial charge in [0.2, 0.25) is 0 Å². The minimum atomic E-state index is -0.192. The quantitative estimate of drug-likeness (QED) is 0.821. The van der Waals surface area contributed by atoms with Gasteiger partial charge in [-0.25, -0.2) is 4.39 Å². The fraction of sp³-hybridized carbons (Fsp3) is 0.500. The number of hydrogen-bond donors (Lipinski definition) is 1. The van der Waals surface area contributed by atoms with Crippen LogP contribution < -0.4 is 5.32 Å². The van der Waals surface area contributed by atoms with Crippen LogP contribution in [-0.4, -0.2) is 7.05 Å². The molecular weight excluding hydrogens is 292 g/mol. The molecule has 0 saturated heterocycles. The van der Waals surface area contributed by atoms with Crippen LogP contribution in [0.4, 0.5) is 4.39 Å². The van der Waals surface area contributed by atoms with Crippen LogP contribution in [0.1, 0.15) is 30.9 Å². The second-order valence-corrected chi connectivity index (χ2v) is 5.51. The van der Waals surface area contributed by atoms with Crippen LogP contribution >= 0.6 is 27.5 Å². The maximum absolute atomic E-state index is 13.9. The molecule has 0 radical (unpaired) electrons. The molecular formula is C12H14BrClFN. The Bertz CT molecular complexity index is 393. The van der Waals surface area contributed by atoms with Crippen molar-refractivity contribution in [1.82, 2.24) is 5.32 Å². The molecule has 1 aliphatic rings. The zero-order chi connectivity index (χ0) is 11.7. The van der Waals surface area contributed by atoms with E-state index in [2.05, 4.69) is 21.2 Å². The Morgan fingerprint density at radius 3 is 2.69 bits per heavy atom. The topological polar surface area (TPSA) is 12.0 Å². The van der Waals surface area contributed by atoms with E-state index in [-0.39, 0.29) is 11.9 Å². The molecule has 1 aliphatic carbocycles. The molecule has 1 atom stereocenters. The summed E-state index contributed by atoms with van der Waals surface area (Å²) in [5.74, 6) is 0.347. The van der Waals surface area contributed by atoms with Gasteiger partial charge in [-0.3, -0.25) is 0 Å². The molecule has 0 aliphatic heterocycles. The van der Waals surface area contributed by atoms with Crippen LogP contribution in [0.2, 0.25) is 5.02 Å². The normalized spacial score (nSPS) is 18.2. The molecule has 1 nitrogen and oxygen atoms in total. The lowest BCUT2D eigenvalue weighted by atomic mass is 9.77. The largest absolute Gasteiger partial charge is 0.313 e. The molecule has 16 heavy (non-hydrogen) atoms. The first-order valence-corrected chi connectivity index (χ1v) is 6.62. The van der Waals surface area contributed by atoms with E-state index >= 15 is 0 Å². The van der Waals surface area contributed by atoms with Gasteiger partial charge in [0, 0.05) is 16.1 Å². The summed E-state index contributed by atoms with van der Waals surface area (Å²) >= 11 is 9.24. The van der Waals surface area contributed by atoms with Crippen molar-refractivity contribution in [2.75, 3.05) is 7.05 Å². The molecule has 1 aromatic carbocycles. The first-order chi connectivity index (χ1) is 7.63. The van der Waals surface area contributed by atoms with Gasteiger partial charge >= 0.3 is 0 Å². The molecule has 1 N–H and O–H groups in total. The summed E-state index contributed by atoms with van der Waals surface area (Å²) in [6.07, 6.45) is 3.58. The molecule has 88 valence electrons. The first-order valence-electron chi connectivity index (χ1n) is 5.45. The molecule has 1 unspecified atom stereocenters. The molecule has 0 heterocycles. The van der Waals surface area contributed by atoms with Gasteiger partial charge in [-0.1, -0.05) is 18.0 Å². The first kappa shape index (κ1) is 12.3. The number of benzene rings is 1. The van der Waals surface area contributed by atoms with Gasteiger partial charge in [-0.2, -0.15) is 0 Å². The fourth-order valence-electron chi connectivity index (χ4n) is 2.19. The molecule has 0 aromatic heterocycles. The average Bonchev–Trinajstić information content (AvgIpc) is 2.17. The maximum Gasteiger partial charge on any atom is 0.129 e. The van der Waals surface area contributed by atoms with Crippen LogP contribution in [0.25, 0.3) is 0 Å². The van der Waals surface area contributed by atoms with Crippen molar-refractivity contribution in [3.8, 4) is 0 Å². The van der Waals surface area contributed by atoms with Gasteiger partial charge in [0.25, 0.3) is 0 Å². The summed E-state index contributed by atoms with van der Waals surface area (Å²) in [5, 5.41) is 3.76. The van der Waals surface area contributed by atoms with E-state index in [9.17, 15) is 4.39 Å². The SMILES string of the molecule is CNC(c1cc(Cl)c(Br)cc1F)C1CCC1. The van der Waals surface area contributed by atoms with Gasteiger partial charge in [0.15, 0.2) is 0 Å². The predicted octanol–water partition coefficient (Wildman–Crippen LogP) is 4.30. The van der Waals surface area contributed by atoms with Crippen molar-refractivity contribution >= 4 is 27.5 Å². The second-order valence-electron chi connectivity index (χ2n) is 4.25. The maximum atomic E-state index is 13.9. The molecule has 4 heteroatoms. The summed E-state index contributed by atoms with van der Waals surface area (Å²) in [4.78, 5) is 0. The van der Waals surface area contributed by atoms with E-state index < -0.39 is 0 Å². The number of halogens is 3. The molecule has 2 rings (SSSR count). The van der Waals surface area contributed by atoms with E-state index in [0.717, 1.165) is 0 Å². The zero-order valence-corrected chi connectivity index (χ0v) is 11.4. The predicted molar refractivity (Wildman–Crippen MR) is 68.3 cm³/mol. The fourth-order valence-corrected chi connectivity index (χ4v) is 2.68. The van der Waals surface area contributed by atoms with E-state index in [1.807, 2.05) is 7.05 Å². The van der Waals surface area contributed by atoms with Gasteiger partial charge in [-0.15, -0.1) is 0 Å². The Morgan fingerprint density at radius 1 is 1.50 bits per heavy atom. The lowest BCUT2D eigenvalue weighted by molar-refractivity contribution is 0.235. The Morgan fingerprint density at radius 2 is 2.19 bits per heavy atom. The Labute approximate surface area is 109 Å². The van der Waals surface area contributed by atoms with Gasteiger partial charge < -0.3 is 5.32 Å². The van der Waals surface area contributed by atoms with Gasteiger partial charge in [0.1, 0.15) is 5.82 Å². The number of hydrogen-bond acceptors (Lipinski definition) is 1. The molecule has 0 spiro atoms. The van der Waals surface area contributed by atoms with Crippen molar-refractivity contribution in [2.45, 2.75) is 25.3 Å². The van der Waals surface area contributed by atoms with E-state index in [4.69, 9.17) is 11.6 Å². The van der Waals surface area contributed by atoms with Crippen LogP contribution in [0, 0.1) is 11.7 Å². The molecule has 1 saturated carbocycles. The highest BCUT2D eigenvalue weighted by Crippen LogP contribution is 2.39. The van der Waals surface area contributed by atoms with Crippen LogP contribution in [0.5, 0.6) is 0 Å². The third-order valence-electron chi connectivity index (χ3n) is 3.31. The third-order valence-corrected chi connectivity index (χ3v) is 4.50. The third kappa shape index (κ3) is 2.27. The standard InChI is InChI=1S/C12H14BrClFN/c1-16-12(7-3-2-4-7)8-5-10(14)9(13)6-11(8)15/h5-7,12,16H,2-4H2,1H3. The number of nitrogens with one attached hydrogen (secondary N) is 1. The minimum absolute atomic E-state index is 0.0827. The van der Waals surface area contributed by atoms with Crippen molar-refractivity contribution in [3.63, 3.8) is 0 Å². The Hall–Kier alpha value is -0.120. The number of rotatable bonds is 3. The van der Waals surface area contributed by atoms with Gasteiger partial charge in [-0.05, 0) is 53.9 Å².